The summed E-state index contributed by atoms with van der Waals surface area (Å²) in [7, 11) is 0. The highest BCUT2D eigenvalue weighted by Gasteiger charge is 2.05. The minimum absolute atomic E-state index is 0.291. The smallest absolute Gasteiger partial charge is 0.238 e. The molecule has 0 saturated heterocycles. The molecule has 3 aromatic rings. The van der Waals surface area contributed by atoms with Crippen LogP contribution in [0.2, 0.25) is 0 Å². The maximum Gasteiger partial charge on any atom is 0.238 e. The average molecular weight is 327 g/mol. The summed E-state index contributed by atoms with van der Waals surface area (Å²) in [6.07, 6.45) is 3.59. The van der Waals surface area contributed by atoms with Gasteiger partial charge in [-0.05, 0) is 43.2 Å². The molecule has 126 valence electrons. The Morgan fingerprint density at radius 1 is 1.08 bits per heavy atom. The van der Waals surface area contributed by atoms with Crippen LogP contribution >= 0.6 is 0 Å². The molecule has 0 spiro atoms. The molecule has 24 heavy (non-hydrogen) atoms. The van der Waals surface area contributed by atoms with E-state index in [4.69, 9.17) is 4.74 Å². The number of ether oxygens (including phenoxy) is 1. The molecule has 0 saturated carbocycles. The highest BCUT2D eigenvalue weighted by atomic mass is 19.1. The van der Waals surface area contributed by atoms with Crippen LogP contribution in [0.15, 0.2) is 48.8 Å². The zero-order valence-corrected chi connectivity index (χ0v) is 14.5. The predicted molar refractivity (Wildman–Crippen MR) is 92.9 cm³/mol. The third kappa shape index (κ3) is 4.65. The van der Waals surface area contributed by atoms with E-state index < -0.39 is 0 Å². The Balaban J connectivity index is 0.00000100. The van der Waals surface area contributed by atoms with Crippen molar-refractivity contribution in [1.82, 2.24) is 14.8 Å². The summed E-state index contributed by atoms with van der Waals surface area (Å²) in [6.45, 7) is 8.30. The van der Waals surface area contributed by atoms with E-state index in [-0.39, 0.29) is 5.82 Å². The molecule has 4 nitrogen and oxygen atoms in total. The first kappa shape index (κ1) is 17.7. The number of hydrogen-bond acceptors (Lipinski definition) is 3. The number of halogens is 1. The summed E-state index contributed by atoms with van der Waals surface area (Å²) in [5.41, 5.74) is 2.67. The first-order valence-electron chi connectivity index (χ1n) is 7.99. The van der Waals surface area contributed by atoms with Crippen molar-refractivity contribution >= 4 is 0 Å². The van der Waals surface area contributed by atoms with Crippen molar-refractivity contribution in [1.29, 1.82) is 0 Å². The minimum atomic E-state index is -0.291. The Kier molecular flexibility index (Phi) is 6.07. The minimum Gasteiger partial charge on any atom is -0.437 e. The average Bonchev–Trinajstić information content (AvgIpc) is 3.00. The third-order valence-corrected chi connectivity index (χ3v) is 3.28. The lowest BCUT2D eigenvalue weighted by Gasteiger charge is -2.04. The molecular weight excluding hydrogens is 305 g/mol. The van der Waals surface area contributed by atoms with Crippen LogP contribution in [-0.2, 0) is 6.54 Å². The zero-order valence-electron chi connectivity index (χ0n) is 14.5. The van der Waals surface area contributed by atoms with Gasteiger partial charge in [0.1, 0.15) is 11.6 Å². The van der Waals surface area contributed by atoms with Crippen LogP contribution in [0.5, 0.6) is 11.6 Å². The topological polar surface area (TPSA) is 39.9 Å². The number of hydrogen-bond donors (Lipinski definition) is 0. The van der Waals surface area contributed by atoms with Gasteiger partial charge in [-0.1, -0.05) is 19.9 Å². The number of aromatic nitrogens is 3. The second kappa shape index (κ2) is 8.24. The highest BCUT2D eigenvalue weighted by Crippen LogP contribution is 2.21. The van der Waals surface area contributed by atoms with Crippen molar-refractivity contribution in [2.24, 2.45) is 0 Å². The van der Waals surface area contributed by atoms with Crippen molar-refractivity contribution in [2.75, 3.05) is 0 Å². The molecule has 0 fully saturated rings. The molecular formula is C19H22FN3O. The fraction of sp³-hybridized carbons (Fsp3) is 0.263. The number of aryl methyl sites for hydroxylation is 2. The Labute approximate surface area is 141 Å². The van der Waals surface area contributed by atoms with Crippen LogP contribution in [0.4, 0.5) is 4.39 Å². The standard InChI is InChI=1S/C17H16FN3O.C2H6/c1-12-5-7-19-14(9-12)11-21-8-6-17(20-21)22-15-4-3-13(2)16(18)10-15;1-2/h3-10H,11H2,1-2H3;1-2H3. The van der Waals surface area contributed by atoms with Gasteiger partial charge in [0.2, 0.25) is 5.88 Å². The van der Waals surface area contributed by atoms with E-state index in [1.807, 2.05) is 39.1 Å². The predicted octanol–water partition coefficient (Wildman–Crippen LogP) is 4.90. The molecule has 1 aromatic carbocycles. The quantitative estimate of drug-likeness (QED) is 0.684. The first-order chi connectivity index (χ1) is 11.6. The van der Waals surface area contributed by atoms with Gasteiger partial charge in [0.15, 0.2) is 0 Å². The normalized spacial score (nSPS) is 10.0. The fourth-order valence-electron chi connectivity index (χ4n) is 2.09. The van der Waals surface area contributed by atoms with E-state index in [9.17, 15) is 4.39 Å². The Hall–Kier alpha value is -2.69. The van der Waals surface area contributed by atoms with Crippen LogP contribution in [0, 0.1) is 19.7 Å². The van der Waals surface area contributed by atoms with Crippen LogP contribution in [0.25, 0.3) is 0 Å². The summed E-state index contributed by atoms with van der Waals surface area (Å²) in [4.78, 5) is 4.30. The maximum absolute atomic E-state index is 13.5. The Morgan fingerprint density at radius 2 is 1.88 bits per heavy atom. The number of nitrogens with zero attached hydrogens (tertiary/aromatic N) is 3. The van der Waals surface area contributed by atoms with Crippen molar-refractivity contribution in [3.63, 3.8) is 0 Å². The van der Waals surface area contributed by atoms with Crippen molar-refractivity contribution in [2.45, 2.75) is 34.2 Å². The molecule has 0 aliphatic carbocycles. The van der Waals surface area contributed by atoms with Crippen LogP contribution in [0.3, 0.4) is 0 Å². The van der Waals surface area contributed by atoms with Gasteiger partial charge in [0, 0.05) is 24.5 Å². The van der Waals surface area contributed by atoms with Crippen molar-refractivity contribution in [3.05, 3.63) is 71.4 Å². The van der Waals surface area contributed by atoms with Gasteiger partial charge < -0.3 is 4.74 Å². The molecule has 0 aliphatic heterocycles. The molecule has 2 heterocycles. The van der Waals surface area contributed by atoms with Crippen LogP contribution < -0.4 is 4.74 Å². The van der Waals surface area contributed by atoms with Gasteiger partial charge in [-0.25, -0.2) is 4.39 Å². The van der Waals surface area contributed by atoms with Gasteiger partial charge in [0.25, 0.3) is 0 Å². The van der Waals surface area contributed by atoms with Gasteiger partial charge in [-0.2, -0.15) is 0 Å². The van der Waals surface area contributed by atoms with Gasteiger partial charge in [-0.3, -0.25) is 9.67 Å². The van der Waals surface area contributed by atoms with E-state index in [0.717, 1.165) is 11.3 Å². The summed E-state index contributed by atoms with van der Waals surface area (Å²) in [5, 5.41) is 4.31. The van der Waals surface area contributed by atoms with E-state index in [1.54, 1.807) is 36.0 Å². The van der Waals surface area contributed by atoms with Crippen LogP contribution in [-0.4, -0.2) is 14.8 Å². The molecule has 0 aliphatic rings. The molecule has 0 bridgehead atoms. The van der Waals surface area contributed by atoms with Crippen LogP contribution in [0.1, 0.15) is 30.7 Å². The Bertz CT molecular complexity index is 799. The summed E-state index contributed by atoms with van der Waals surface area (Å²) < 4.78 is 20.8. The monoisotopic (exact) mass is 327 g/mol. The lowest BCUT2D eigenvalue weighted by Crippen LogP contribution is -2.02. The van der Waals surface area contributed by atoms with Gasteiger partial charge >= 0.3 is 0 Å². The molecule has 0 amide bonds. The van der Waals surface area contributed by atoms with Crippen molar-refractivity contribution in [3.8, 4) is 11.6 Å². The molecule has 0 N–H and O–H groups in total. The van der Waals surface area contributed by atoms with E-state index in [1.165, 1.54) is 6.07 Å². The Morgan fingerprint density at radius 3 is 2.58 bits per heavy atom. The molecule has 5 heteroatoms. The molecule has 2 aromatic heterocycles. The molecule has 3 rings (SSSR count). The summed E-state index contributed by atoms with van der Waals surface area (Å²) >= 11 is 0. The fourth-order valence-corrected chi connectivity index (χ4v) is 2.09. The maximum atomic E-state index is 13.5. The second-order valence-corrected chi connectivity index (χ2v) is 5.19. The van der Waals surface area contributed by atoms with E-state index in [2.05, 4.69) is 10.1 Å². The van der Waals surface area contributed by atoms with E-state index in [0.29, 0.717) is 23.7 Å². The molecule has 0 atom stereocenters. The number of benzene rings is 1. The SMILES string of the molecule is CC.Cc1ccnc(Cn2ccc(Oc3ccc(C)c(F)c3)n2)c1. The van der Waals surface area contributed by atoms with Gasteiger partial charge in [0.05, 0.1) is 12.2 Å². The first-order valence-corrected chi connectivity index (χ1v) is 7.99. The second-order valence-electron chi connectivity index (χ2n) is 5.19. The number of rotatable bonds is 4. The highest BCUT2D eigenvalue weighted by molar-refractivity contribution is 5.30. The van der Waals surface area contributed by atoms with Gasteiger partial charge in [-0.15, -0.1) is 5.10 Å². The summed E-state index contributed by atoms with van der Waals surface area (Å²) in [6, 6.07) is 10.5. The molecule has 0 radical (unpaired) electrons. The summed E-state index contributed by atoms with van der Waals surface area (Å²) in [5.74, 6) is 0.568. The lowest BCUT2D eigenvalue weighted by atomic mass is 10.2. The zero-order chi connectivity index (χ0) is 17.5. The largest absolute Gasteiger partial charge is 0.437 e. The van der Waals surface area contributed by atoms with Crippen molar-refractivity contribution < 1.29 is 9.13 Å². The lowest BCUT2D eigenvalue weighted by molar-refractivity contribution is 0.446. The van der Waals surface area contributed by atoms with E-state index >= 15 is 0 Å². The number of pyridine rings is 1. The third-order valence-electron chi connectivity index (χ3n) is 3.28. The molecule has 0 unspecified atom stereocenters.